The van der Waals surface area contributed by atoms with Gasteiger partial charge in [0.05, 0.1) is 0 Å². The van der Waals surface area contributed by atoms with Crippen molar-refractivity contribution < 1.29 is 8.78 Å². The lowest BCUT2D eigenvalue weighted by Crippen LogP contribution is -2.11. The fraction of sp³-hybridized carbons (Fsp3) is 0.778. The molecule has 0 atom stereocenters. The van der Waals surface area contributed by atoms with Crippen LogP contribution in [0.2, 0.25) is 0 Å². The molecule has 0 N–H and O–H groups in total. The van der Waals surface area contributed by atoms with Gasteiger partial charge in [0.2, 0.25) is 0 Å². The number of hydrogen-bond donors (Lipinski definition) is 0. The molecule has 0 aliphatic heterocycles. The van der Waals surface area contributed by atoms with Gasteiger partial charge in [0, 0.05) is 6.42 Å². The predicted molar refractivity (Wildman–Crippen MR) is 43.9 cm³/mol. The van der Waals surface area contributed by atoms with Crippen molar-refractivity contribution in [3.8, 4) is 0 Å². The van der Waals surface area contributed by atoms with Crippen LogP contribution in [0, 0.1) is 0 Å². The van der Waals surface area contributed by atoms with Crippen molar-refractivity contribution in [2.24, 2.45) is 0 Å². The Hall–Kier alpha value is -0.400. The molecule has 0 saturated heterocycles. The van der Waals surface area contributed by atoms with Crippen LogP contribution in [-0.4, -0.2) is 5.92 Å². The molecule has 0 rings (SSSR count). The van der Waals surface area contributed by atoms with Crippen molar-refractivity contribution >= 4 is 0 Å². The Morgan fingerprint density at radius 1 is 1.27 bits per heavy atom. The second kappa shape index (κ2) is 5.28. The molecule has 0 aromatic rings. The molecular weight excluding hydrogens is 146 g/mol. The van der Waals surface area contributed by atoms with Crippen molar-refractivity contribution in [1.82, 2.24) is 0 Å². The van der Waals surface area contributed by atoms with E-state index in [0.29, 0.717) is 6.42 Å². The maximum absolute atomic E-state index is 12.7. The molecule has 0 spiro atoms. The standard InChI is InChI=1S/C9H16F2/c1-3-5-6-8-9(10,11)7-4-2/h4,7H,3,5-6,8H2,1-2H3/b7-4-. The van der Waals surface area contributed by atoms with Gasteiger partial charge in [0.15, 0.2) is 0 Å². The quantitative estimate of drug-likeness (QED) is 0.426. The van der Waals surface area contributed by atoms with Crippen molar-refractivity contribution in [3.63, 3.8) is 0 Å². The lowest BCUT2D eigenvalue weighted by molar-refractivity contribution is 0.0427. The fourth-order valence-electron chi connectivity index (χ4n) is 0.938. The van der Waals surface area contributed by atoms with Gasteiger partial charge in [0.25, 0.3) is 5.92 Å². The van der Waals surface area contributed by atoms with E-state index in [1.165, 1.54) is 6.08 Å². The van der Waals surface area contributed by atoms with Crippen LogP contribution in [0.25, 0.3) is 0 Å². The minimum Gasteiger partial charge on any atom is -0.202 e. The minimum atomic E-state index is -2.58. The summed E-state index contributed by atoms with van der Waals surface area (Å²) in [6.45, 7) is 3.63. The number of allylic oxidation sites excluding steroid dienone is 2. The summed E-state index contributed by atoms with van der Waals surface area (Å²) < 4.78 is 25.3. The zero-order valence-corrected chi connectivity index (χ0v) is 7.24. The maximum atomic E-state index is 12.7. The van der Waals surface area contributed by atoms with Gasteiger partial charge in [-0.05, 0) is 19.4 Å². The Morgan fingerprint density at radius 2 is 1.91 bits per heavy atom. The molecular formula is C9H16F2. The molecule has 0 nitrogen and oxygen atoms in total. The average molecular weight is 162 g/mol. The summed E-state index contributed by atoms with van der Waals surface area (Å²) in [6, 6.07) is 0. The number of rotatable bonds is 5. The molecule has 0 radical (unpaired) electrons. The van der Waals surface area contributed by atoms with E-state index in [9.17, 15) is 8.78 Å². The highest BCUT2D eigenvalue weighted by Gasteiger charge is 2.22. The molecule has 0 bridgehead atoms. The summed E-state index contributed by atoms with van der Waals surface area (Å²) in [5.74, 6) is -2.58. The highest BCUT2D eigenvalue weighted by molar-refractivity contribution is 4.92. The van der Waals surface area contributed by atoms with E-state index in [0.717, 1.165) is 18.9 Å². The van der Waals surface area contributed by atoms with Gasteiger partial charge in [-0.15, -0.1) is 0 Å². The average Bonchev–Trinajstić information content (AvgIpc) is 1.87. The Labute approximate surface area is 67.3 Å². The van der Waals surface area contributed by atoms with E-state index in [-0.39, 0.29) is 6.42 Å². The Balaban J connectivity index is 3.55. The van der Waals surface area contributed by atoms with E-state index in [4.69, 9.17) is 0 Å². The first-order chi connectivity index (χ1) is 5.12. The molecule has 0 aliphatic carbocycles. The third-order valence-corrected chi connectivity index (χ3v) is 1.52. The molecule has 0 fully saturated rings. The largest absolute Gasteiger partial charge is 0.266 e. The first kappa shape index (κ1) is 10.6. The molecule has 66 valence electrons. The molecule has 11 heavy (non-hydrogen) atoms. The Bertz CT molecular complexity index is 117. The monoisotopic (exact) mass is 162 g/mol. The highest BCUT2D eigenvalue weighted by atomic mass is 19.3. The number of alkyl halides is 2. The van der Waals surface area contributed by atoms with Crippen LogP contribution in [0.4, 0.5) is 8.78 Å². The van der Waals surface area contributed by atoms with Gasteiger partial charge in [-0.2, -0.15) is 0 Å². The lowest BCUT2D eigenvalue weighted by Gasteiger charge is -2.09. The van der Waals surface area contributed by atoms with Crippen LogP contribution >= 0.6 is 0 Å². The first-order valence-electron chi connectivity index (χ1n) is 4.14. The smallest absolute Gasteiger partial charge is 0.202 e. The number of unbranched alkanes of at least 4 members (excludes halogenated alkanes) is 2. The fourth-order valence-corrected chi connectivity index (χ4v) is 0.938. The molecule has 0 aromatic heterocycles. The van der Waals surface area contributed by atoms with Gasteiger partial charge in [-0.25, -0.2) is 8.78 Å². The zero-order chi connectivity index (χ0) is 8.74. The second-order valence-electron chi connectivity index (χ2n) is 2.72. The van der Waals surface area contributed by atoms with Crippen molar-refractivity contribution in [2.75, 3.05) is 0 Å². The molecule has 0 unspecified atom stereocenters. The van der Waals surface area contributed by atoms with Crippen molar-refractivity contribution in [3.05, 3.63) is 12.2 Å². The third kappa shape index (κ3) is 6.02. The van der Waals surface area contributed by atoms with Gasteiger partial charge in [-0.3, -0.25) is 0 Å². The van der Waals surface area contributed by atoms with E-state index in [2.05, 4.69) is 0 Å². The van der Waals surface area contributed by atoms with Crippen LogP contribution in [0.5, 0.6) is 0 Å². The lowest BCUT2D eigenvalue weighted by atomic mass is 10.1. The van der Waals surface area contributed by atoms with Crippen LogP contribution in [0.15, 0.2) is 12.2 Å². The molecule has 0 aliphatic rings. The third-order valence-electron chi connectivity index (χ3n) is 1.52. The maximum Gasteiger partial charge on any atom is 0.266 e. The van der Waals surface area contributed by atoms with Crippen LogP contribution in [0.1, 0.15) is 39.5 Å². The van der Waals surface area contributed by atoms with Crippen LogP contribution in [-0.2, 0) is 0 Å². The van der Waals surface area contributed by atoms with E-state index in [1.807, 2.05) is 6.92 Å². The van der Waals surface area contributed by atoms with Gasteiger partial charge in [0.1, 0.15) is 0 Å². The number of halogens is 2. The molecule has 0 aromatic carbocycles. The SMILES string of the molecule is C/C=C\C(F)(F)CCCCC. The van der Waals surface area contributed by atoms with Crippen LogP contribution < -0.4 is 0 Å². The Morgan fingerprint density at radius 3 is 2.36 bits per heavy atom. The van der Waals surface area contributed by atoms with E-state index in [1.54, 1.807) is 6.92 Å². The molecule has 0 heterocycles. The summed E-state index contributed by atoms with van der Waals surface area (Å²) in [5, 5.41) is 0. The predicted octanol–water partition coefficient (Wildman–Crippen LogP) is 3.78. The topological polar surface area (TPSA) is 0 Å². The van der Waals surface area contributed by atoms with Crippen LogP contribution in [0.3, 0.4) is 0 Å². The molecule has 0 amide bonds. The van der Waals surface area contributed by atoms with E-state index >= 15 is 0 Å². The van der Waals surface area contributed by atoms with Gasteiger partial charge >= 0.3 is 0 Å². The summed E-state index contributed by atoms with van der Waals surface area (Å²) in [5.41, 5.74) is 0. The first-order valence-corrected chi connectivity index (χ1v) is 4.14. The molecule has 0 saturated carbocycles. The van der Waals surface area contributed by atoms with E-state index < -0.39 is 5.92 Å². The number of hydrogen-bond acceptors (Lipinski definition) is 0. The van der Waals surface area contributed by atoms with Gasteiger partial charge in [-0.1, -0.05) is 25.8 Å². The Kier molecular flexibility index (Phi) is 5.08. The summed E-state index contributed by atoms with van der Waals surface area (Å²) >= 11 is 0. The summed E-state index contributed by atoms with van der Waals surface area (Å²) in [6.07, 6.45) is 4.88. The molecule has 2 heteroatoms. The highest BCUT2D eigenvalue weighted by Crippen LogP contribution is 2.22. The summed E-state index contributed by atoms with van der Waals surface area (Å²) in [4.78, 5) is 0. The zero-order valence-electron chi connectivity index (χ0n) is 7.24. The van der Waals surface area contributed by atoms with Crippen molar-refractivity contribution in [2.45, 2.75) is 45.5 Å². The minimum absolute atomic E-state index is 0.00875. The van der Waals surface area contributed by atoms with Gasteiger partial charge < -0.3 is 0 Å². The van der Waals surface area contributed by atoms with Crippen molar-refractivity contribution in [1.29, 1.82) is 0 Å². The second-order valence-corrected chi connectivity index (χ2v) is 2.72. The normalized spacial score (nSPS) is 12.7. The summed E-state index contributed by atoms with van der Waals surface area (Å²) in [7, 11) is 0.